The Hall–Kier alpha value is 0.250. The van der Waals surface area contributed by atoms with Crippen LogP contribution in [0, 0.1) is 5.92 Å². The predicted octanol–water partition coefficient (Wildman–Crippen LogP) is 3.82. The minimum atomic E-state index is 0.487. The third-order valence-electron chi connectivity index (χ3n) is 1.66. The smallest absolute Gasteiger partial charge is 0.0354 e. The van der Waals surface area contributed by atoms with Gasteiger partial charge >= 0.3 is 0 Å². The van der Waals surface area contributed by atoms with Crippen LogP contribution < -0.4 is 0 Å². The minimum absolute atomic E-state index is 0.487. The number of halogens is 2. The van der Waals surface area contributed by atoms with E-state index in [0.29, 0.717) is 5.92 Å². The zero-order valence-corrected chi connectivity index (χ0v) is 8.46. The van der Waals surface area contributed by atoms with Crippen LogP contribution in [0.25, 0.3) is 0 Å². The first kappa shape index (κ1) is 8.35. The van der Waals surface area contributed by atoms with Crippen molar-refractivity contribution < 1.29 is 0 Å². The van der Waals surface area contributed by atoms with Gasteiger partial charge in [0.05, 0.1) is 0 Å². The topological polar surface area (TPSA) is 0 Å². The van der Waals surface area contributed by atoms with Gasteiger partial charge in [0.15, 0.2) is 0 Å². The average Bonchev–Trinajstić information content (AvgIpc) is 1.82. The first-order valence-electron chi connectivity index (χ1n) is 3.33. The van der Waals surface area contributed by atoms with Crippen LogP contribution >= 0.6 is 27.5 Å². The van der Waals surface area contributed by atoms with Crippen LogP contribution in [0.3, 0.4) is 0 Å². The summed E-state index contributed by atoms with van der Waals surface area (Å²) in [6, 6.07) is 0. The lowest BCUT2D eigenvalue weighted by atomic mass is 9.97. The van der Waals surface area contributed by atoms with Crippen molar-refractivity contribution in [3.8, 4) is 0 Å². The van der Waals surface area contributed by atoms with Crippen LogP contribution in [-0.2, 0) is 0 Å². The molecule has 0 bridgehead atoms. The highest BCUT2D eigenvalue weighted by atomic mass is 79.9. The Morgan fingerprint density at radius 1 is 1.70 bits per heavy atom. The van der Waals surface area contributed by atoms with Crippen LogP contribution in [0.5, 0.6) is 0 Å². The highest BCUT2D eigenvalue weighted by molar-refractivity contribution is 9.12. The van der Waals surface area contributed by atoms with E-state index in [2.05, 4.69) is 35.9 Å². The number of allylic oxidation sites excluding steroid dienone is 4. The average molecular weight is 222 g/mol. The van der Waals surface area contributed by atoms with Gasteiger partial charge in [-0.25, -0.2) is 0 Å². The van der Waals surface area contributed by atoms with Crippen molar-refractivity contribution in [3.05, 3.63) is 21.2 Å². The maximum Gasteiger partial charge on any atom is 0.0354 e. The Balaban J connectivity index is 2.92. The molecule has 0 aromatic carbocycles. The third kappa shape index (κ3) is 1.64. The quantitative estimate of drug-likeness (QED) is 0.583. The lowest BCUT2D eigenvalue weighted by Gasteiger charge is -2.16. The predicted molar refractivity (Wildman–Crippen MR) is 49.3 cm³/mol. The fourth-order valence-corrected chi connectivity index (χ4v) is 2.07. The summed E-state index contributed by atoms with van der Waals surface area (Å²) in [5.74, 6) is 0.487. The first-order valence-corrected chi connectivity index (χ1v) is 4.50. The molecule has 0 saturated heterocycles. The molecule has 1 atom stereocenters. The molecule has 0 N–H and O–H groups in total. The van der Waals surface area contributed by atoms with E-state index in [0.717, 1.165) is 15.9 Å². The summed E-state index contributed by atoms with van der Waals surface area (Å²) < 4.78 is 1.05. The Bertz CT molecular complexity index is 203. The normalized spacial score (nSPS) is 26.8. The third-order valence-corrected chi connectivity index (χ3v) is 3.12. The molecule has 1 rings (SSSR count). The zero-order chi connectivity index (χ0) is 7.72. The molecular formula is C8H10BrCl. The molecule has 1 aliphatic rings. The second-order valence-corrected chi connectivity index (χ2v) is 4.05. The van der Waals surface area contributed by atoms with Crippen molar-refractivity contribution in [2.24, 2.45) is 5.92 Å². The van der Waals surface area contributed by atoms with Crippen LogP contribution in [0.4, 0.5) is 0 Å². The summed E-state index contributed by atoms with van der Waals surface area (Å²) in [4.78, 5) is 0. The summed E-state index contributed by atoms with van der Waals surface area (Å²) in [5.41, 5.74) is 1.39. The summed E-state index contributed by atoms with van der Waals surface area (Å²) >= 11 is 9.38. The molecule has 56 valence electrons. The number of rotatable bonds is 0. The minimum Gasteiger partial charge on any atom is -0.0876 e. The van der Waals surface area contributed by atoms with Crippen LogP contribution in [-0.4, -0.2) is 0 Å². The molecule has 0 aliphatic heterocycles. The fourth-order valence-electron chi connectivity index (χ4n) is 1.15. The van der Waals surface area contributed by atoms with Gasteiger partial charge in [-0.05, 0) is 41.3 Å². The lowest BCUT2D eigenvalue weighted by Crippen LogP contribution is -2.01. The Morgan fingerprint density at radius 3 is 2.80 bits per heavy atom. The standard InChI is InChI=1S/C8H10BrCl/c1-5-3-6(2)8(10)7(9)4-5/h4,6H,3H2,1-2H3. The molecule has 2 heteroatoms. The van der Waals surface area contributed by atoms with E-state index in [1.807, 2.05) is 0 Å². The van der Waals surface area contributed by atoms with Gasteiger partial charge in [-0.15, -0.1) is 0 Å². The molecule has 0 fully saturated rings. The Morgan fingerprint density at radius 2 is 2.30 bits per heavy atom. The van der Waals surface area contributed by atoms with Crippen molar-refractivity contribution in [2.75, 3.05) is 0 Å². The Labute approximate surface area is 75.1 Å². The van der Waals surface area contributed by atoms with E-state index in [-0.39, 0.29) is 0 Å². The van der Waals surface area contributed by atoms with Crippen molar-refractivity contribution in [2.45, 2.75) is 20.3 Å². The molecule has 10 heavy (non-hydrogen) atoms. The molecule has 1 aliphatic carbocycles. The van der Waals surface area contributed by atoms with Crippen LogP contribution in [0.15, 0.2) is 21.2 Å². The van der Waals surface area contributed by atoms with Gasteiger partial charge in [-0.3, -0.25) is 0 Å². The van der Waals surface area contributed by atoms with E-state index in [9.17, 15) is 0 Å². The van der Waals surface area contributed by atoms with Crippen LogP contribution in [0.1, 0.15) is 20.3 Å². The maximum atomic E-state index is 5.97. The number of hydrogen-bond donors (Lipinski definition) is 0. The monoisotopic (exact) mass is 220 g/mol. The van der Waals surface area contributed by atoms with Gasteiger partial charge in [0.1, 0.15) is 0 Å². The molecular weight excluding hydrogens is 211 g/mol. The molecule has 0 saturated carbocycles. The molecule has 0 aromatic rings. The van der Waals surface area contributed by atoms with Crippen LogP contribution in [0.2, 0.25) is 0 Å². The SMILES string of the molecule is CC1=CC(Br)=C(Cl)C(C)C1. The molecule has 0 heterocycles. The summed E-state index contributed by atoms with van der Waals surface area (Å²) in [7, 11) is 0. The first-order chi connectivity index (χ1) is 4.61. The molecule has 0 spiro atoms. The second-order valence-electron chi connectivity index (χ2n) is 2.79. The fraction of sp³-hybridized carbons (Fsp3) is 0.500. The lowest BCUT2D eigenvalue weighted by molar-refractivity contribution is 0.692. The number of hydrogen-bond acceptors (Lipinski definition) is 0. The van der Waals surface area contributed by atoms with Crippen molar-refractivity contribution in [1.29, 1.82) is 0 Å². The molecule has 0 nitrogen and oxygen atoms in total. The van der Waals surface area contributed by atoms with E-state index in [1.165, 1.54) is 5.57 Å². The van der Waals surface area contributed by atoms with E-state index < -0.39 is 0 Å². The summed E-state index contributed by atoms with van der Waals surface area (Å²) in [6.45, 7) is 4.27. The summed E-state index contributed by atoms with van der Waals surface area (Å²) in [5, 5.41) is 0.950. The van der Waals surface area contributed by atoms with Crippen molar-refractivity contribution in [3.63, 3.8) is 0 Å². The molecule has 0 aromatic heterocycles. The molecule has 0 amide bonds. The van der Waals surface area contributed by atoms with Gasteiger partial charge < -0.3 is 0 Å². The van der Waals surface area contributed by atoms with E-state index >= 15 is 0 Å². The molecule has 1 unspecified atom stereocenters. The maximum absolute atomic E-state index is 5.97. The highest BCUT2D eigenvalue weighted by Gasteiger charge is 2.14. The highest BCUT2D eigenvalue weighted by Crippen LogP contribution is 2.34. The van der Waals surface area contributed by atoms with Gasteiger partial charge in [0.25, 0.3) is 0 Å². The van der Waals surface area contributed by atoms with Gasteiger partial charge in [0, 0.05) is 9.51 Å². The largest absolute Gasteiger partial charge is 0.0876 e. The van der Waals surface area contributed by atoms with Gasteiger partial charge in [-0.2, -0.15) is 0 Å². The van der Waals surface area contributed by atoms with Crippen molar-refractivity contribution in [1.82, 2.24) is 0 Å². The second kappa shape index (κ2) is 3.10. The Kier molecular flexibility index (Phi) is 2.59. The van der Waals surface area contributed by atoms with E-state index in [1.54, 1.807) is 0 Å². The molecule has 0 radical (unpaired) electrons. The van der Waals surface area contributed by atoms with Crippen molar-refractivity contribution >= 4 is 27.5 Å². The summed E-state index contributed by atoms with van der Waals surface area (Å²) in [6.07, 6.45) is 3.18. The van der Waals surface area contributed by atoms with Gasteiger partial charge in [-0.1, -0.05) is 24.1 Å². The van der Waals surface area contributed by atoms with E-state index in [4.69, 9.17) is 11.6 Å². The zero-order valence-electron chi connectivity index (χ0n) is 6.12. The van der Waals surface area contributed by atoms with Gasteiger partial charge in [0.2, 0.25) is 0 Å².